The minimum absolute atomic E-state index is 0.194. The Labute approximate surface area is 202 Å². The number of ketones is 1. The summed E-state index contributed by atoms with van der Waals surface area (Å²) in [6.45, 7) is 5.52. The molecule has 33 heavy (non-hydrogen) atoms. The molecule has 2 aromatic rings. The Bertz CT molecular complexity index is 1050. The fourth-order valence-electron chi connectivity index (χ4n) is 2.78. The van der Waals surface area contributed by atoms with Crippen LogP contribution in [0.15, 0.2) is 34.5 Å². The number of carbonyl (C=O) groups is 2. The lowest BCUT2D eigenvalue weighted by Gasteiger charge is -2.17. The maximum atomic E-state index is 12.9. The molecule has 0 spiro atoms. The molecule has 2 aromatic carbocycles. The molecule has 0 aliphatic carbocycles. The van der Waals surface area contributed by atoms with Gasteiger partial charge in [0.25, 0.3) is 5.91 Å². The summed E-state index contributed by atoms with van der Waals surface area (Å²) in [7, 11) is 2.87. The summed E-state index contributed by atoms with van der Waals surface area (Å²) in [4.78, 5) is 25.1. The number of Topliss-reactive ketones (excluding diaryl/α,β-unsaturated/α-hetero) is 1. The maximum Gasteiger partial charge on any atom is 0.258 e. The van der Waals surface area contributed by atoms with Crippen LogP contribution in [0.2, 0.25) is 10.0 Å². The lowest BCUT2D eigenvalue weighted by molar-refractivity contribution is -0.126. The van der Waals surface area contributed by atoms with Crippen LogP contribution in [0, 0.1) is 0 Å². The molecule has 0 saturated heterocycles. The van der Waals surface area contributed by atoms with Gasteiger partial charge in [-0.05, 0) is 32.9 Å². The van der Waals surface area contributed by atoms with E-state index in [1.807, 2.05) is 6.92 Å². The van der Waals surface area contributed by atoms with Gasteiger partial charge in [0.05, 0.1) is 38.1 Å². The Kier molecular flexibility index (Phi) is 9.74. The summed E-state index contributed by atoms with van der Waals surface area (Å²) in [6.07, 6.45) is 0. The number of carbonyl (C=O) groups excluding carboxylic acids is 2. The molecule has 1 unspecified atom stereocenters. The second-order valence-corrected chi connectivity index (χ2v) is 7.29. The summed E-state index contributed by atoms with van der Waals surface area (Å²) in [5, 5.41) is 11.0. The third kappa shape index (κ3) is 6.49. The Balaban J connectivity index is 2.37. The van der Waals surface area contributed by atoms with Gasteiger partial charge in [0.1, 0.15) is 22.2 Å². The minimum Gasteiger partial charge on any atom is -0.497 e. The molecule has 2 rings (SSSR count). The first kappa shape index (κ1) is 26.2. The third-order valence-corrected chi connectivity index (χ3v) is 4.90. The third-order valence-electron chi connectivity index (χ3n) is 4.26. The smallest absolute Gasteiger partial charge is 0.258 e. The van der Waals surface area contributed by atoms with Crippen molar-refractivity contribution in [1.29, 1.82) is 0 Å². The molecular weight excluding hydrogens is 473 g/mol. The predicted octanol–water partition coefficient (Wildman–Crippen LogP) is 5.49. The van der Waals surface area contributed by atoms with Gasteiger partial charge in [0.2, 0.25) is 6.04 Å². The molecule has 0 aliphatic heterocycles. The van der Waals surface area contributed by atoms with Crippen LogP contribution in [0.3, 0.4) is 0 Å². The second kappa shape index (κ2) is 12.3. The van der Waals surface area contributed by atoms with Gasteiger partial charge in [-0.2, -0.15) is 10.2 Å². The molecule has 1 N–H and O–H groups in total. The number of anilines is 1. The van der Waals surface area contributed by atoms with E-state index >= 15 is 0 Å². The average Bonchev–Trinajstić information content (AvgIpc) is 2.77. The van der Waals surface area contributed by atoms with Gasteiger partial charge < -0.3 is 24.3 Å². The van der Waals surface area contributed by atoms with Crippen molar-refractivity contribution in [2.75, 3.05) is 32.8 Å². The van der Waals surface area contributed by atoms with Crippen LogP contribution < -0.4 is 24.3 Å². The van der Waals surface area contributed by atoms with Crippen molar-refractivity contribution in [1.82, 2.24) is 0 Å². The molecule has 0 heterocycles. The molecule has 9 nitrogen and oxygen atoms in total. The molecular formula is C22H25Cl2N3O6. The first-order valence-corrected chi connectivity index (χ1v) is 10.7. The van der Waals surface area contributed by atoms with Gasteiger partial charge in [-0.15, -0.1) is 0 Å². The number of nitrogens with one attached hydrogen (secondary N) is 1. The summed E-state index contributed by atoms with van der Waals surface area (Å²) < 4.78 is 21.5. The summed E-state index contributed by atoms with van der Waals surface area (Å²) in [6, 6.07) is 4.78. The van der Waals surface area contributed by atoms with Gasteiger partial charge in [-0.3, -0.25) is 9.59 Å². The predicted molar refractivity (Wildman–Crippen MR) is 126 cm³/mol. The molecule has 1 amide bonds. The van der Waals surface area contributed by atoms with Crippen LogP contribution >= 0.6 is 23.2 Å². The van der Waals surface area contributed by atoms with E-state index in [2.05, 4.69) is 15.5 Å². The topological polar surface area (TPSA) is 108 Å². The van der Waals surface area contributed by atoms with Crippen molar-refractivity contribution in [3.63, 3.8) is 0 Å². The fraction of sp³-hybridized carbons (Fsp3) is 0.364. The zero-order valence-electron chi connectivity index (χ0n) is 18.9. The Hall–Kier alpha value is -3.04. The van der Waals surface area contributed by atoms with E-state index in [9.17, 15) is 9.59 Å². The van der Waals surface area contributed by atoms with Gasteiger partial charge in [0, 0.05) is 12.1 Å². The average molecular weight is 498 g/mol. The van der Waals surface area contributed by atoms with Crippen LogP contribution in [0.4, 0.5) is 11.4 Å². The molecule has 178 valence electrons. The van der Waals surface area contributed by atoms with Crippen LogP contribution in [0.25, 0.3) is 0 Å². The van der Waals surface area contributed by atoms with E-state index in [0.717, 1.165) is 0 Å². The van der Waals surface area contributed by atoms with Crippen molar-refractivity contribution in [2.24, 2.45) is 10.2 Å². The molecule has 0 saturated carbocycles. The number of methoxy groups -OCH3 is 2. The Morgan fingerprint density at radius 3 is 2.30 bits per heavy atom. The molecule has 0 fully saturated rings. The number of nitrogens with zero attached hydrogens (tertiary/aromatic N) is 2. The number of halogens is 2. The molecule has 0 radical (unpaired) electrons. The normalized spacial score (nSPS) is 11.7. The van der Waals surface area contributed by atoms with E-state index in [4.69, 9.17) is 42.1 Å². The lowest BCUT2D eigenvalue weighted by atomic mass is 10.2. The lowest BCUT2D eigenvalue weighted by Crippen LogP contribution is -2.32. The number of azo groups is 1. The van der Waals surface area contributed by atoms with E-state index in [-0.39, 0.29) is 32.9 Å². The zero-order valence-corrected chi connectivity index (χ0v) is 20.4. The van der Waals surface area contributed by atoms with Gasteiger partial charge >= 0.3 is 0 Å². The van der Waals surface area contributed by atoms with Crippen molar-refractivity contribution >= 4 is 46.3 Å². The SMILES string of the molecule is CCOc1ccc(NC(=O)C(N=Nc2cc(OC)cc(Cl)c2OC)C(C)=O)c(OCC)c1Cl. The summed E-state index contributed by atoms with van der Waals surface area (Å²) >= 11 is 12.5. The van der Waals surface area contributed by atoms with Crippen molar-refractivity contribution in [3.8, 4) is 23.0 Å². The second-order valence-electron chi connectivity index (χ2n) is 6.50. The monoisotopic (exact) mass is 497 g/mol. The van der Waals surface area contributed by atoms with Crippen LogP contribution in [0.5, 0.6) is 23.0 Å². The van der Waals surface area contributed by atoms with E-state index in [0.29, 0.717) is 24.7 Å². The number of benzene rings is 2. The van der Waals surface area contributed by atoms with Crippen LogP contribution in [-0.4, -0.2) is 45.2 Å². The quantitative estimate of drug-likeness (QED) is 0.324. The van der Waals surface area contributed by atoms with Crippen molar-refractivity contribution in [2.45, 2.75) is 26.8 Å². The highest BCUT2D eigenvalue weighted by atomic mass is 35.5. The van der Waals surface area contributed by atoms with E-state index in [1.165, 1.54) is 27.2 Å². The first-order valence-electron chi connectivity index (χ1n) is 9.99. The Morgan fingerprint density at radius 1 is 1.03 bits per heavy atom. The van der Waals surface area contributed by atoms with Gasteiger partial charge in [0.15, 0.2) is 17.3 Å². The van der Waals surface area contributed by atoms with Crippen LogP contribution in [-0.2, 0) is 9.59 Å². The number of hydrogen-bond acceptors (Lipinski definition) is 8. The minimum atomic E-state index is -1.44. The Morgan fingerprint density at radius 2 is 1.73 bits per heavy atom. The van der Waals surface area contributed by atoms with E-state index < -0.39 is 17.7 Å². The summed E-state index contributed by atoms with van der Waals surface area (Å²) in [5.41, 5.74) is 0.457. The first-order chi connectivity index (χ1) is 15.8. The summed E-state index contributed by atoms with van der Waals surface area (Å²) in [5.74, 6) is 0.00813. The highest BCUT2D eigenvalue weighted by Gasteiger charge is 2.26. The highest BCUT2D eigenvalue weighted by molar-refractivity contribution is 6.34. The van der Waals surface area contributed by atoms with E-state index in [1.54, 1.807) is 25.1 Å². The van der Waals surface area contributed by atoms with Crippen molar-refractivity contribution < 1.29 is 28.5 Å². The van der Waals surface area contributed by atoms with Crippen molar-refractivity contribution in [3.05, 3.63) is 34.3 Å². The molecule has 1 atom stereocenters. The maximum absolute atomic E-state index is 12.9. The fourth-order valence-corrected chi connectivity index (χ4v) is 3.33. The molecule has 0 aliphatic rings. The largest absolute Gasteiger partial charge is 0.497 e. The van der Waals surface area contributed by atoms with Gasteiger partial charge in [-0.1, -0.05) is 23.2 Å². The van der Waals surface area contributed by atoms with Crippen LogP contribution in [0.1, 0.15) is 20.8 Å². The highest BCUT2D eigenvalue weighted by Crippen LogP contribution is 2.41. The molecule has 11 heteroatoms. The molecule has 0 bridgehead atoms. The molecule has 0 aromatic heterocycles. The number of rotatable bonds is 11. The number of amides is 1. The number of hydrogen-bond donors (Lipinski definition) is 1. The zero-order chi connectivity index (χ0) is 24.5. The standard InChI is InChI=1S/C22H25Cl2N3O6/c1-6-32-17-9-8-15(21(18(17)24)33-7-2)25-22(29)19(12(3)28)27-26-16-11-13(30-4)10-14(23)20(16)31-5/h8-11,19H,6-7H2,1-5H3,(H,25,29). The number of ether oxygens (including phenoxy) is 4. The van der Waals surface area contributed by atoms with Gasteiger partial charge in [-0.25, -0.2) is 0 Å².